The van der Waals surface area contributed by atoms with Crippen molar-refractivity contribution in [2.75, 3.05) is 6.61 Å². The third-order valence-electron chi connectivity index (χ3n) is 10.1. The van der Waals surface area contributed by atoms with Gasteiger partial charge in [0.25, 0.3) is 0 Å². The van der Waals surface area contributed by atoms with E-state index in [9.17, 15) is 5.11 Å². The van der Waals surface area contributed by atoms with Gasteiger partial charge in [-0.05, 0) is 61.0 Å². The highest BCUT2D eigenvalue weighted by Crippen LogP contribution is 2.73. The largest absolute Gasteiger partial charge is 0.392 e. The maximum absolute atomic E-state index is 11.6. The topological polar surface area (TPSA) is 38.7 Å². The zero-order valence-electron chi connectivity index (χ0n) is 20.8. The third-order valence-corrected chi connectivity index (χ3v) is 10.1. The summed E-state index contributed by atoms with van der Waals surface area (Å²) in [5, 5.41) is 11.6. The lowest BCUT2D eigenvalue weighted by molar-refractivity contribution is -0.225. The Hall–Kier alpha value is -1.94. The van der Waals surface area contributed by atoms with E-state index in [0.29, 0.717) is 25.7 Å². The van der Waals surface area contributed by atoms with E-state index in [1.165, 1.54) is 16.7 Å². The molecule has 182 valence electrons. The van der Waals surface area contributed by atoms with Gasteiger partial charge in [0.15, 0.2) is 0 Å². The van der Waals surface area contributed by atoms with Gasteiger partial charge < -0.3 is 14.6 Å². The van der Waals surface area contributed by atoms with E-state index in [-0.39, 0.29) is 28.5 Å². The lowest BCUT2D eigenvalue weighted by atomic mass is 9.40. The first-order valence-electron chi connectivity index (χ1n) is 13.0. The van der Waals surface area contributed by atoms with E-state index in [2.05, 4.69) is 69.0 Å². The molecule has 5 rings (SSSR count). The second kappa shape index (κ2) is 9.26. The van der Waals surface area contributed by atoms with Gasteiger partial charge in [0.2, 0.25) is 0 Å². The normalized spacial score (nSPS) is 37.3. The molecule has 0 spiro atoms. The molecule has 0 bridgehead atoms. The van der Waals surface area contributed by atoms with Gasteiger partial charge in [0.05, 0.1) is 32.0 Å². The summed E-state index contributed by atoms with van der Waals surface area (Å²) in [5.74, 6) is 0.427. The molecule has 3 fully saturated rings. The van der Waals surface area contributed by atoms with Gasteiger partial charge in [0.1, 0.15) is 0 Å². The molecular formula is C31H40O3. The summed E-state index contributed by atoms with van der Waals surface area (Å²) in [6.07, 6.45) is 5.94. The minimum absolute atomic E-state index is 0.0986. The number of aliphatic hydroxyl groups excluding tert-OH is 1. The van der Waals surface area contributed by atoms with Crippen molar-refractivity contribution in [3.63, 3.8) is 0 Å². The summed E-state index contributed by atoms with van der Waals surface area (Å²) in [6.45, 7) is 11.2. The van der Waals surface area contributed by atoms with E-state index in [4.69, 9.17) is 9.47 Å². The lowest BCUT2D eigenvalue weighted by Gasteiger charge is -2.66. The Labute approximate surface area is 205 Å². The SMILES string of the molecule is C=C1CC[C@@]2(COCc3ccccc3)[C@@]3(C)CC[C@H](OCc4ccccc4)C[C@@H]3C[C@H](O)[C@@]12C. The molecular weight excluding hydrogens is 420 g/mol. The van der Waals surface area contributed by atoms with Crippen LogP contribution in [-0.4, -0.2) is 23.9 Å². The fourth-order valence-corrected chi connectivity index (χ4v) is 7.75. The van der Waals surface area contributed by atoms with Crippen molar-refractivity contribution in [2.24, 2.45) is 22.2 Å². The Morgan fingerprint density at radius 2 is 1.56 bits per heavy atom. The molecule has 3 aliphatic carbocycles. The maximum Gasteiger partial charge on any atom is 0.0720 e. The van der Waals surface area contributed by atoms with E-state index >= 15 is 0 Å². The predicted octanol–water partition coefficient (Wildman–Crippen LogP) is 6.70. The van der Waals surface area contributed by atoms with E-state index in [0.717, 1.165) is 38.5 Å². The Balaban J connectivity index is 1.36. The molecule has 3 nitrogen and oxygen atoms in total. The van der Waals surface area contributed by atoms with Crippen LogP contribution in [0.15, 0.2) is 72.8 Å². The molecule has 3 aliphatic rings. The van der Waals surface area contributed by atoms with Crippen LogP contribution in [0.4, 0.5) is 0 Å². The molecule has 0 aliphatic heterocycles. The summed E-state index contributed by atoms with van der Waals surface area (Å²) in [5.41, 5.74) is 3.35. The van der Waals surface area contributed by atoms with Gasteiger partial charge in [0, 0.05) is 10.8 Å². The highest BCUT2D eigenvalue weighted by Gasteiger charge is 2.70. The van der Waals surface area contributed by atoms with E-state index in [1.54, 1.807) is 0 Å². The maximum atomic E-state index is 11.6. The molecule has 3 saturated carbocycles. The van der Waals surface area contributed by atoms with E-state index in [1.807, 2.05) is 12.1 Å². The van der Waals surface area contributed by atoms with Crippen molar-refractivity contribution in [3.05, 3.63) is 83.9 Å². The molecule has 2 aromatic rings. The van der Waals surface area contributed by atoms with Crippen LogP contribution >= 0.6 is 0 Å². The summed E-state index contributed by atoms with van der Waals surface area (Å²) in [4.78, 5) is 0. The highest BCUT2D eigenvalue weighted by atomic mass is 16.5. The number of rotatable bonds is 7. The summed E-state index contributed by atoms with van der Waals surface area (Å²) < 4.78 is 12.9. The van der Waals surface area contributed by atoms with Crippen LogP contribution in [0, 0.1) is 22.2 Å². The number of benzene rings is 2. The minimum Gasteiger partial charge on any atom is -0.392 e. The highest BCUT2D eigenvalue weighted by molar-refractivity contribution is 5.31. The van der Waals surface area contributed by atoms with Crippen LogP contribution < -0.4 is 0 Å². The second-order valence-corrected chi connectivity index (χ2v) is 11.4. The molecule has 34 heavy (non-hydrogen) atoms. The van der Waals surface area contributed by atoms with Crippen molar-refractivity contribution in [2.45, 2.75) is 77.8 Å². The van der Waals surface area contributed by atoms with Gasteiger partial charge >= 0.3 is 0 Å². The molecule has 1 N–H and O–H groups in total. The Morgan fingerprint density at radius 1 is 0.912 bits per heavy atom. The first kappa shape index (κ1) is 23.8. The van der Waals surface area contributed by atoms with Gasteiger partial charge in [-0.2, -0.15) is 0 Å². The average Bonchev–Trinajstić information content (AvgIpc) is 3.13. The Kier molecular flexibility index (Phi) is 6.48. The number of hydrogen-bond donors (Lipinski definition) is 1. The number of hydrogen-bond acceptors (Lipinski definition) is 3. The van der Waals surface area contributed by atoms with Crippen LogP contribution in [0.3, 0.4) is 0 Å². The molecule has 6 atom stereocenters. The molecule has 0 amide bonds. The molecule has 2 aromatic carbocycles. The lowest BCUT2D eigenvalue weighted by Crippen LogP contribution is -2.64. The standard InChI is InChI=1S/C31H40O3/c1-23-14-17-31(22-33-20-24-10-6-4-7-11-24)29(2)16-15-27(34-21-25-12-8-5-9-13-25)18-26(29)19-28(32)30(23,31)3/h4-13,26-28,32H,1,14-22H2,2-3H3/t26-,27+,28+,29+,30-,31-/m1/s1. The molecule has 0 unspecified atom stereocenters. The summed E-state index contributed by atoms with van der Waals surface area (Å²) in [6, 6.07) is 20.9. The number of aliphatic hydroxyl groups is 1. The van der Waals surface area contributed by atoms with Crippen LogP contribution in [0.25, 0.3) is 0 Å². The molecule has 0 radical (unpaired) electrons. The van der Waals surface area contributed by atoms with E-state index < -0.39 is 0 Å². The van der Waals surface area contributed by atoms with Crippen molar-refractivity contribution < 1.29 is 14.6 Å². The van der Waals surface area contributed by atoms with Gasteiger partial charge in [-0.3, -0.25) is 0 Å². The zero-order chi connectivity index (χ0) is 23.8. The fraction of sp³-hybridized carbons (Fsp3) is 0.548. The molecule has 0 heterocycles. The quantitative estimate of drug-likeness (QED) is 0.467. The summed E-state index contributed by atoms with van der Waals surface area (Å²) >= 11 is 0. The smallest absolute Gasteiger partial charge is 0.0720 e. The Bertz CT molecular complexity index is 988. The van der Waals surface area contributed by atoms with Crippen LogP contribution in [-0.2, 0) is 22.7 Å². The Morgan fingerprint density at radius 3 is 2.24 bits per heavy atom. The molecule has 0 saturated heterocycles. The predicted molar refractivity (Wildman–Crippen MR) is 136 cm³/mol. The third kappa shape index (κ3) is 3.77. The van der Waals surface area contributed by atoms with Crippen LogP contribution in [0.5, 0.6) is 0 Å². The van der Waals surface area contributed by atoms with Crippen molar-refractivity contribution in [1.29, 1.82) is 0 Å². The zero-order valence-corrected chi connectivity index (χ0v) is 20.8. The monoisotopic (exact) mass is 460 g/mol. The summed E-state index contributed by atoms with van der Waals surface area (Å²) in [7, 11) is 0. The van der Waals surface area contributed by atoms with Crippen molar-refractivity contribution >= 4 is 0 Å². The fourth-order valence-electron chi connectivity index (χ4n) is 7.75. The van der Waals surface area contributed by atoms with Gasteiger partial charge in [-0.1, -0.05) is 86.7 Å². The van der Waals surface area contributed by atoms with Crippen LogP contribution in [0.1, 0.15) is 63.5 Å². The first-order chi connectivity index (χ1) is 16.4. The molecule has 0 aromatic heterocycles. The number of fused-ring (bicyclic) bond motifs is 3. The average molecular weight is 461 g/mol. The molecule has 3 heteroatoms. The van der Waals surface area contributed by atoms with Crippen LogP contribution in [0.2, 0.25) is 0 Å². The first-order valence-corrected chi connectivity index (χ1v) is 13.0. The minimum atomic E-state index is -0.381. The van der Waals surface area contributed by atoms with Crippen molar-refractivity contribution in [1.82, 2.24) is 0 Å². The van der Waals surface area contributed by atoms with Gasteiger partial charge in [-0.15, -0.1) is 0 Å². The van der Waals surface area contributed by atoms with Crippen molar-refractivity contribution in [3.8, 4) is 0 Å². The second-order valence-electron chi connectivity index (χ2n) is 11.4. The number of ether oxygens (including phenoxy) is 2. The van der Waals surface area contributed by atoms with Gasteiger partial charge in [-0.25, -0.2) is 0 Å².